The summed E-state index contributed by atoms with van der Waals surface area (Å²) in [6.07, 6.45) is 1.37. The number of morpholine rings is 1. The summed E-state index contributed by atoms with van der Waals surface area (Å²) in [6, 6.07) is 8.69. The molecule has 1 fully saturated rings. The Morgan fingerprint density at radius 3 is 2.78 bits per heavy atom. The van der Waals surface area contributed by atoms with E-state index < -0.39 is 0 Å². The van der Waals surface area contributed by atoms with E-state index >= 15 is 0 Å². The maximum absolute atomic E-state index is 13.0. The van der Waals surface area contributed by atoms with Crippen molar-refractivity contribution in [1.82, 2.24) is 15.0 Å². The zero-order valence-corrected chi connectivity index (χ0v) is 16.4. The van der Waals surface area contributed by atoms with Crippen molar-refractivity contribution in [2.24, 2.45) is 0 Å². The summed E-state index contributed by atoms with van der Waals surface area (Å²) < 4.78 is 10.9. The Morgan fingerprint density at radius 1 is 1.26 bits per heavy atom. The van der Waals surface area contributed by atoms with Crippen LogP contribution in [0.1, 0.15) is 10.4 Å². The Kier molecular flexibility index (Phi) is 6.97. The molecular formula is C18H21BrN4O4. The van der Waals surface area contributed by atoms with E-state index in [1.807, 2.05) is 6.07 Å². The van der Waals surface area contributed by atoms with Crippen molar-refractivity contribution in [2.75, 3.05) is 51.3 Å². The van der Waals surface area contributed by atoms with Crippen molar-refractivity contribution < 1.29 is 18.8 Å². The van der Waals surface area contributed by atoms with Gasteiger partial charge in [-0.05, 0) is 18.2 Å². The Morgan fingerprint density at radius 2 is 2.07 bits per heavy atom. The van der Waals surface area contributed by atoms with Gasteiger partial charge in [-0.2, -0.15) is 0 Å². The average molecular weight is 437 g/mol. The van der Waals surface area contributed by atoms with Crippen LogP contribution in [-0.2, 0) is 9.53 Å². The van der Waals surface area contributed by atoms with E-state index in [9.17, 15) is 9.59 Å². The second kappa shape index (κ2) is 9.63. The topological polar surface area (TPSA) is 87.9 Å². The number of anilines is 1. The van der Waals surface area contributed by atoms with Crippen molar-refractivity contribution >= 4 is 33.6 Å². The Balaban J connectivity index is 1.66. The van der Waals surface area contributed by atoms with E-state index in [-0.39, 0.29) is 18.4 Å². The van der Waals surface area contributed by atoms with Crippen LogP contribution < -0.4 is 5.32 Å². The number of hydrogen-bond donors (Lipinski definition) is 1. The molecule has 144 valence electrons. The fraction of sp³-hybridized carbons (Fsp3) is 0.389. The fourth-order valence-corrected chi connectivity index (χ4v) is 3.18. The molecule has 8 nitrogen and oxygen atoms in total. The Bertz CT molecular complexity index is 762. The molecule has 0 aliphatic carbocycles. The predicted molar refractivity (Wildman–Crippen MR) is 102 cm³/mol. The van der Waals surface area contributed by atoms with Crippen LogP contribution in [0.2, 0.25) is 0 Å². The number of amides is 2. The maximum atomic E-state index is 13.0. The van der Waals surface area contributed by atoms with Gasteiger partial charge in [-0.3, -0.25) is 14.5 Å². The standard InChI is InChI=1S/C18H21BrN4O4/c19-15-3-1-2-14(12-15)18(25)23(6-5-22-7-10-26-11-8-22)13-17(24)20-16-4-9-27-21-16/h1-4,9,12H,5-8,10-11,13H2,(H,20,21,24). The zero-order chi connectivity index (χ0) is 19.1. The molecule has 2 heterocycles. The van der Waals surface area contributed by atoms with Crippen molar-refractivity contribution in [3.63, 3.8) is 0 Å². The predicted octanol–water partition coefficient (Wildman–Crippen LogP) is 1.85. The molecule has 0 radical (unpaired) electrons. The fourth-order valence-electron chi connectivity index (χ4n) is 2.78. The summed E-state index contributed by atoms with van der Waals surface area (Å²) in [5, 5.41) is 6.29. The Hall–Kier alpha value is -2.23. The van der Waals surface area contributed by atoms with Gasteiger partial charge in [-0.1, -0.05) is 27.2 Å². The first-order chi connectivity index (χ1) is 13.1. The summed E-state index contributed by atoms with van der Waals surface area (Å²) in [4.78, 5) is 29.1. The van der Waals surface area contributed by atoms with E-state index in [0.717, 1.165) is 17.6 Å². The molecule has 0 atom stereocenters. The first-order valence-electron chi connectivity index (χ1n) is 8.67. The largest absolute Gasteiger partial charge is 0.379 e. The molecule has 0 unspecified atom stereocenters. The number of halogens is 1. The first-order valence-corrected chi connectivity index (χ1v) is 9.46. The van der Waals surface area contributed by atoms with E-state index in [1.165, 1.54) is 6.26 Å². The number of hydrogen-bond acceptors (Lipinski definition) is 6. The molecule has 2 amide bonds. The second-order valence-corrected chi connectivity index (χ2v) is 7.04. The molecule has 1 saturated heterocycles. The van der Waals surface area contributed by atoms with Gasteiger partial charge in [-0.15, -0.1) is 0 Å². The second-order valence-electron chi connectivity index (χ2n) is 6.12. The van der Waals surface area contributed by atoms with Gasteiger partial charge in [0.2, 0.25) is 5.91 Å². The third kappa shape index (κ3) is 5.88. The number of carbonyl (C=O) groups is 2. The van der Waals surface area contributed by atoms with Crippen LogP contribution in [-0.4, -0.2) is 72.7 Å². The first kappa shape index (κ1) is 19.5. The third-order valence-corrected chi connectivity index (χ3v) is 4.68. The van der Waals surface area contributed by atoms with E-state index in [0.29, 0.717) is 37.7 Å². The summed E-state index contributed by atoms with van der Waals surface area (Å²) in [5.74, 6) is -0.197. The van der Waals surface area contributed by atoms with E-state index in [2.05, 4.69) is 31.3 Å². The van der Waals surface area contributed by atoms with Crippen LogP contribution in [0.5, 0.6) is 0 Å². The number of rotatable bonds is 7. The van der Waals surface area contributed by atoms with Gasteiger partial charge in [0.25, 0.3) is 5.91 Å². The highest BCUT2D eigenvalue weighted by atomic mass is 79.9. The lowest BCUT2D eigenvalue weighted by Gasteiger charge is -2.30. The highest BCUT2D eigenvalue weighted by Crippen LogP contribution is 2.14. The molecule has 2 aromatic rings. The minimum absolute atomic E-state index is 0.0669. The quantitative estimate of drug-likeness (QED) is 0.712. The minimum Gasteiger partial charge on any atom is -0.379 e. The Labute approximate surface area is 165 Å². The van der Waals surface area contributed by atoms with Gasteiger partial charge in [0.05, 0.1) is 13.2 Å². The van der Waals surface area contributed by atoms with Crippen LogP contribution in [0.15, 0.2) is 45.6 Å². The molecule has 3 rings (SSSR count). The average Bonchev–Trinajstić information content (AvgIpc) is 3.18. The van der Waals surface area contributed by atoms with Crippen molar-refractivity contribution in [1.29, 1.82) is 0 Å². The molecule has 0 spiro atoms. The van der Waals surface area contributed by atoms with E-state index in [1.54, 1.807) is 29.2 Å². The van der Waals surface area contributed by atoms with Gasteiger partial charge < -0.3 is 19.5 Å². The number of nitrogens with one attached hydrogen (secondary N) is 1. The lowest BCUT2D eigenvalue weighted by atomic mass is 10.2. The molecule has 9 heteroatoms. The molecule has 1 aliphatic heterocycles. The summed E-state index contributed by atoms with van der Waals surface area (Å²) in [7, 11) is 0. The van der Waals surface area contributed by atoms with Gasteiger partial charge in [-0.25, -0.2) is 0 Å². The smallest absolute Gasteiger partial charge is 0.254 e. The van der Waals surface area contributed by atoms with Crippen molar-refractivity contribution in [2.45, 2.75) is 0 Å². The van der Waals surface area contributed by atoms with Crippen LogP contribution in [0.3, 0.4) is 0 Å². The number of aromatic nitrogens is 1. The summed E-state index contributed by atoms with van der Waals surface area (Å²) in [6.45, 7) is 4.08. The molecule has 27 heavy (non-hydrogen) atoms. The lowest BCUT2D eigenvalue weighted by Crippen LogP contribution is -2.45. The number of benzene rings is 1. The number of carbonyl (C=O) groups excluding carboxylic acids is 2. The minimum atomic E-state index is -0.325. The monoisotopic (exact) mass is 436 g/mol. The van der Waals surface area contributed by atoms with Crippen LogP contribution >= 0.6 is 15.9 Å². The van der Waals surface area contributed by atoms with Crippen LogP contribution in [0.25, 0.3) is 0 Å². The van der Waals surface area contributed by atoms with Gasteiger partial charge in [0.1, 0.15) is 12.8 Å². The molecule has 1 N–H and O–H groups in total. The highest BCUT2D eigenvalue weighted by Gasteiger charge is 2.21. The molecular weight excluding hydrogens is 416 g/mol. The number of ether oxygens (including phenoxy) is 1. The SMILES string of the molecule is O=C(CN(CCN1CCOCC1)C(=O)c1cccc(Br)c1)Nc1ccon1. The van der Waals surface area contributed by atoms with Crippen LogP contribution in [0.4, 0.5) is 5.82 Å². The van der Waals surface area contributed by atoms with Crippen molar-refractivity contribution in [3.8, 4) is 0 Å². The summed E-state index contributed by atoms with van der Waals surface area (Å²) >= 11 is 3.38. The highest BCUT2D eigenvalue weighted by molar-refractivity contribution is 9.10. The van der Waals surface area contributed by atoms with Gasteiger partial charge in [0.15, 0.2) is 5.82 Å². The molecule has 1 aromatic heterocycles. The normalized spacial score (nSPS) is 14.7. The van der Waals surface area contributed by atoms with E-state index in [4.69, 9.17) is 9.26 Å². The lowest BCUT2D eigenvalue weighted by molar-refractivity contribution is -0.117. The van der Waals surface area contributed by atoms with Crippen molar-refractivity contribution in [3.05, 3.63) is 46.6 Å². The molecule has 1 aliphatic rings. The molecule has 1 aromatic carbocycles. The number of nitrogens with zero attached hydrogens (tertiary/aromatic N) is 3. The maximum Gasteiger partial charge on any atom is 0.254 e. The zero-order valence-electron chi connectivity index (χ0n) is 14.8. The van der Waals surface area contributed by atoms with Crippen LogP contribution in [0, 0.1) is 0 Å². The summed E-state index contributed by atoms with van der Waals surface area (Å²) in [5.41, 5.74) is 0.528. The van der Waals surface area contributed by atoms with Gasteiger partial charge >= 0.3 is 0 Å². The third-order valence-electron chi connectivity index (χ3n) is 4.19. The molecule has 0 saturated carbocycles. The van der Waals surface area contributed by atoms with Gasteiger partial charge in [0, 0.05) is 42.3 Å². The molecule has 0 bridgehead atoms.